The Hall–Kier alpha value is -2.24. The molecule has 1 atom stereocenters. The molecular weight excluding hydrogens is 402 g/mol. The van der Waals surface area contributed by atoms with Gasteiger partial charge in [0.2, 0.25) is 0 Å². The van der Waals surface area contributed by atoms with Crippen LogP contribution in [0, 0.1) is 11.7 Å². The predicted octanol–water partition coefficient (Wildman–Crippen LogP) is 1.97. The number of likely N-dealkylation sites (tertiary alicyclic amines) is 1. The minimum Gasteiger partial charge on any atom is -0.481 e. The number of aliphatic carboxylic acids is 2. The summed E-state index contributed by atoms with van der Waals surface area (Å²) < 4.78 is 51.2. The fourth-order valence-electron chi connectivity index (χ4n) is 3.43. The van der Waals surface area contributed by atoms with Gasteiger partial charge < -0.3 is 25.0 Å². The van der Waals surface area contributed by atoms with Gasteiger partial charge in [-0.15, -0.1) is 0 Å². The van der Waals surface area contributed by atoms with Gasteiger partial charge in [0.1, 0.15) is 5.82 Å². The number of ether oxygens (including phenoxy) is 1. The van der Waals surface area contributed by atoms with Crippen LogP contribution >= 0.6 is 0 Å². The fourth-order valence-corrected chi connectivity index (χ4v) is 3.43. The monoisotopic (exact) mass is 423 g/mol. The van der Waals surface area contributed by atoms with E-state index in [2.05, 4.69) is 0 Å². The van der Waals surface area contributed by atoms with Crippen LogP contribution in [0.15, 0.2) is 18.2 Å². The van der Waals surface area contributed by atoms with E-state index in [1.165, 1.54) is 6.07 Å². The first-order valence-corrected chi connectivity index (χ1v) is 8.77. The van der Waals surface area contributed by atoms with Crippen LogP contribution in [0.1, 0.15) is 24.0 Å². The number of alkyl halides is 3. The molecule has 0 aromatic heterocycles. The van der Waals surface area contributed by atoms with Gasteiger partial charge in [0.05, 0.1) is 24.7 Å². The predicted molar refractivity (Wildman–Crippen MR) is 90.4 cm³/mol. The number of piperidine rings is 1. The maximum Gasteiger partial charge on any atom is 0.490 e. The minimum absolute atomic E-state index is 0.253. The number of fused-ring (bicyclic) bond motifs is 2. The highest BCUT2D eigenvalue weighted by molar-refractivity contribution is 5.73. The van der Waals surface area contributed by atoms with Crippen LogP contribution in [0.3, 0.4) is 0 Å². The Labute approximate surface area is 163 Å². The molecule has 0 amide bonds. The zero-order valence-corrected chi connectivity index (χ0v) is 15.3. The van der Waals surface area contributed by atoms with E-state index in [4.69, 9.17) is 24.9 Å². The van der Waals surface area contributed by atoms with Crippen molar-refractivity contribution in [2.45, 2.75) is 31.2 Å². The lowest BCUT2D eigenvalue weighted by Gasteiger charge is -2.39. The van der Waals surface area contributed by atoms with Gasteiger partial charge in [0.25, 0.3) is 0 Å². The van der Waals surface area contributed by atoms with Gasteiger partial charge in [-0.1, -0.05) is 6.07 Å². The first-order chi connectivity index (χ1) is 13.5. The summed E-state index contributed by atoms with van der Waals surface area (Å²) in [5.41, 5.74) is 1.53. The second-order valence-corrected chi connectivity index (χ2v) is 6.91. The van der Waals surface area contributed by atoms with E-state index in [0.29, 0.717) is 39.1 Å². The standard InChI is InChI=1S/C16H20FNO4.C2HF3O2/c17-13-2-1-11-10-22-16(14(11)7-13)3-5-18(6-4-16)8-12(9-19)15(20)21;3-2(4,5)1(6)7/h1-2,7,12,19H,3-6,8-10H2,(H,20,21);(H,6,7). The quantitative estimate of drug-likeness (QED) is 0.636. The lowest BCUT2D eigenvalue weighted by Crippen LogP contribution is -2.45. The van der Waals surface area contributed by atoms with Crippen molar-refractivity contribution < 1.29 is 47.2 Å². The first-order valence-electron chi connectivity index (χ1n) is 8.77. The van der Waals surface area contributed by atoms with Gasteiger partial charge >= 0.3 is 18.1 Å². The number of carbonyl (C=O) groups is 2. The number of halogens is 4. The highest BCUT2D eigenvalue weighted by atomic mass is 19.4. The van der Waals surface area contributed by atoms with Crippen molar-refractivity contribution in [1.29, 1.82) is 0 Å². The Morgan fingerprint density at radius 2 is 1.79 bits per heavy atom. The largest absolute Gasteiger partial charge is 0.490 e. The summed E-state index contributed by atoms with van der Waals surface area (Å²) in [4.78, 5) is 21.9. The summed E-state index contributed by atoms with van der Waals surface area (Å²) in [5.74, 6) is -4.75. The maximum absolute atomic E-state index is 13.5. The molecule has 2 aliphatic heterocycles. The highest BCUT2D eigenvalue weighted by Crippen LogP contribution is 2.44. The van der Waals surface area contributed by atoms with E-state index in [1.54, 1.807) is 12.1 Å². The number of aliphatic hydroxyl groups excluding tert-OH is 1. The molecule has 1 saturated heterocycles. The summed E-state index contributed by atoms with van der Waals surface area (Å²) in [6.07, 6.45) is -3.66. The van der Waals surface area contributed by atoms with E-state index in [-0.39, 0.29) is 12.4 Å². The molecular formula is C18H21F4NO6. The Kier molecular flexibility index (Phi) is 7.20. The van der Waals surface area contributed by atoms with Crippen LogP contribution in [-0.2, 0) is 26.5 Å². The number of aliphatic hydroxyl groups is 1. The molecule has 162 valence electrons. The molecule has 0 radical (unpaired) electrons. The Balaban J connectivity index is 0.000000370. The molecule has 3 N–H and O–H groups in total. The molecule has 1 aromatic rings. The Morgan fingerprint density at radius 1 is 1.21 bits per heavy atom. The number of benzene rings is 1. The number of carboxylic acids is 2. The molecule has 2 heterocycles. The molecule has 0 saturated carbocycles. The van der Waals surface area contributed by atoms with E-state index in [0.717, 1.165) is 11.1 Å². The van der Waals surface area contributed by atoms with Crippen LogP contribution < -0.4 is 0 Å². The molecule has 1 aromatic carbocycles. The summed E-state index contributed by atoms with van der Waals surface area (Å²) in [6.45, 7) is 1.84. The molecule has 0 bridgehead atoms. The topological polar surface area (TPSA) is 107 Å². The third-order valence-corrected chi connectivity index (χ3v) is 5.02. The molecule has 7 nitrogen and oxygen atoms in total. The summed E-state index contributed by atoms with van der Waals surface area (Å²) >= 11 is 0. The van der Waals surface area contributed by atoms with E-state index < -0.39 is 29.6 Å². The molecule has 1 spiro atoms. The molecule has 29 heavy (non-hydrogen) atoms. The van der Waals surface area contributed by atoms with Crippen molar-refractivity contribution in [3.63, 3.8) is 0 Å². The van der Waals surface area contributed by atoms with Crippen LogP contribution in [0.5, 0.6) is 0 Å². The summed E-state index contributed by atoms with van der Waals surface area (Å²) in [7, 11) is 0. The van der Waals surface area contributed by atoms with Gasteiger partial charge in [-0.2, -0.15) is 13.2 Å². The van der Waals surface area contributed by atoms with Crippen LogP contribution in [-0.4, -0.2) is 64.6 Å². The normalized spacial score (nSPS) is 19.2. The van der Waals surface area contributed by atoms with Gasteiger partial charge in [-0.25, -0.2) is 9.18 Å². The summed E-state index contributed by atoms with van der Waals surface area (Å²) in [6, 6.07) is 4.79. The minimum atomic E-state index is -5.08. The first kappa shape index (κ1) is 23.0. The fraction of sp³-hybridized carbons (Fsp3) is 0.556. The third kappa shape index (κ3) is 5.64. The molecule has 1 unspecified atom stereocenters. The van der Waals surface area contributed by atoms with Crippen molar-refractivity contribution in [2.75, 3.05) is 26.2 Å². The number of rotatable bonds is 4. The zero-order chi connectivity index (χ0) is 21.8. The highest BCUT2D eigenvalue weighted by Gasteiger charge is 2.43. The second-order valence-electron chi connectivity index (χ2n) is 6.91. The molecule has 11 heteroatoms. The summed E-state index contributed by atoms with van der Waals surface area (Å²) in [5, 5.41) is 25.3. The lowest BCUT2D eigenvalue weighted by atomic mass is 9.83. The number of nitrogens with zero attached hydrogens (tertiary/aromatic N) is 1. The van der Waals surface area contributed by atoms with Crippen LogP contribution in [0.25, 0.3) is 0 Å². The van der Waals surface area contributed by atoms with E-state index in [9.17, 15) is 22.4 Å². The van der Waals surface area contributed by atoms with Gasteiger partial charge in [0, 0.05) is 19.6 Å². The van der Waals surface area contributed by atoms with Gasteiger partial charge in [-0.3, -0.25) is 4.79 Å². The molecule has 3 rings (SSSR count). The van der Waals surface area contributed by atoms with Crippen LogP contribution in [0.4, 0.5) is 17.6 Å². The van der Waals surface area contributed by atoms with Crippen molar-refractivity contribution in [3.05, 3.63) is 35.1 Å². The van der Waals surface area contributed by atoms with E-state index >= 15 is 0 Å². The van der Waals surface area contributed by atoms with E-state index in [1.807, 2.05) is 4.90 Å². The smallest absolute Gasteiger partial charge is 0.481 e. The maximum atomic E-state index is 13.5. The van der Waals surface area contributed by atoms with Gasteiger partial charge in [-0.05, 0) is 36.1 Å². The average molecular weight is 423 g/mol. The zero-order valence-electron chi connectivity index (χ0n) is 15.3. The Morgan fingerprint density at radius 3 is 2.28 bits per heavy atom. The SMILES string of the molecule is O=C(O)C(CO)CN1CCC2(CC1)OCc1ccc(F)cc12.O=C(O)C(F)(F)F. The number of hydrogen-bond acceptors (Lipinski definition) is 5. The van der Waals surface area contributed by atoms with Crippen LogP contribution in [0.2, 0.25) is 0 Å². The Bertz CT molecular complexity index is 746. The van der Waals surface area contributed by atoms with Crippen molar-refractivity contribution in [3.8, 4) is 0 Å². The van der Waals surface area contributed by atoms with Gasteiger partial charge in [0.15, 0.2) is 0 Å². The number of carboxylic acid groups (broad SMARTS) is 2. The second kappa shape index (κ2) is 9.06. The third-order valence-electron chi connectivity index (χ3n) is 5.02. The number of hydrogen-bond donors (Lipinski definition) is 3. The molecule has 1 fully saturated rings. The average Bonchev–Trinajstić information content (AvgIpc) is 2.98. The molecule has 2 aliphatic rings. The van der Waals surface area contributed by atoms with Crippen molar-refractivity contribution in [2.24, 2.45) is 5.92 Å². The van der Waals surface area contributed by atoms with Crippen molar-refractivity contribution in [1.82, 2.24) is 4.90 Å². The molecule has 0 aliphatic carbocycles. The van der Waals surface area contributed by atoms with Crippen molar-refractivity contribution >= 4 is 11.9 Å². The lowest BCUT2D eigenvalue weighted by molar-refractivity contribution is -0.192.